The molecule has 2 fully saturated rings. The third-order valence-corrected chi connectivity index (χ3v) is 5.06. The van der Waals surface area contributed by atoms with E-state index in [0.29, 0.717) is 6.04 Å². The first-order valence-electron chi connectivity index (χ1n) is 4.49. The maximum absolute atomic E-state index is 8.93. The van der Waals surface area contributed by atoms with Gasteiger partial charge in [-0.1, -0.05) is 6.42 Å². The number of halogens is 1. The Hall–Kier alpha value is 0.130. The maximum Gasteiger partial charge on any atom is 0.207 e. The smallest absolute Gasteiger partial charge is 0.207 e. The minimum atomic E-state index is -0.954. The first kappa shape index (κ1) is 9.68. The molecule has 1 saturated heterocycles. The van der Waals surface area contributed by atoms with Crippen LogP contribution in [0, 0.1) is 17.2 Å². The summed E-state index contributed by atoms with van der Waals surface area (Å²) in [7, 11) is 1.03. The van der Waals surface area contributed by atoms with E-state index in [1.54, 1.807) is 0 Å². The molecule has 5 heteroatoms. The first-order valence-corrected chi connectivity index (χ1v) is 6.61. The van der Waals surface area contributed by atoms with Gasteiger partial charge in [-0.3, -0.25) is 0 Å². The molecule has 0 amide bonds. The second-order valence-corrected chi connectivity index (χ2v) is 5.77. The standard InChI is InChI=1S/C8H12ClN2OP/c1-11-7-4-2-3-6(5-10)8(7)12-13(11)9/h6-8H,2-4H2,1H3/t6-,7+,8+,13?/m1/s1. The van der Waals surface area contributed by atoms with Crippen molar-refractivity contribution in [3.63, 3.8) is 0 Å². The Kier molecular flexibility index (Phi) is 2.76. The zero-order chi connectivity index (χ0) is 9.42. The summed E-state index contributed by atoms with van der Waals surface area (Å²) in [4.78, 5) is 0. The maximum atomic E-state index is 8.93. The largest absolute Gasteiger partial charge is 0.325 e. The number of hydrogen-bond acceptors (Lipinski definition) is 3. The highest BCUT2D eigenvalue weighted by molar-refractivity contribution is 7.78. The fraction of sp³-hybridized carbons (Fsp3) is 0.875. The lowest BCUT2D eigenvalue weighted by atomic mass is 9.84. The average Bonchev–Trinajstić information content (AvgIpc) is 2.43. The van der Waals surface area contributed by atoms with E-state index in [0.717, 1.165) is 19.3 Å². The van der Waals surface area contributed by atoms with E-state index in [1.807, 2.05) is 7.05 Å². The van der Waals surface area contributed by atoms with Crippen molar-refractivity contribution in [3.05, 3.63) is 0 Å². The Morgan fingerprint density at radius 3 is 3.08 bits per heavy atom. The van der Waals surface area contributed by atoms with Gasteiger partial charge in [-0.05, 0) is 31.1 Å². The fourth-order valence-electron chi connectivity index (χ4n) is 2.12. The molecule has 0 bridgehead atoms. The number of rotatable bonds is 0. The van der Waals surface area contributed by atoms with E-state index in [1.165, 1.54) is 0 Å². The lowest BCUT2D eigenvalue weighted by Crippen LogP contribution is -2.39. The van der Waals surface area contributed by atoms with Crippen LogP contribution in [0.4, 0.5) is 0 Å². The van der Waals surface area contributed by atoms with Crippen LogP contribution in [-0.2, 0) is 4.52 Å². The molecule has 1 aliphatic heterocycles. The molecule has 0 aromatic carbocycles. The van der Waals surface area contributed by atoms with Crippen molar-refractivity contribution in [2.75, 3.05) is 7.05 Å². The monoisotopic (exact) mass is 218 g/mol. The van der Waals surface area contributed by atoms with Crippen molar-refractivity contribution in [1.82, 2.24) is 4.67 Å². The van der Waals surface area contributed by atoms with Crippen molar-refractivity contribution < 1.29 is 4.52 Å². The summed E-state index contributed by atoms with van der Waals surface area (Å²) in [6.45, 7) is 0. The molecule has 1 aliphatic carbocycles. The van der Waals surface area contributed by atoms with Crippen molar-refractivity contribution in [3.8, 4) is 6.07 Å². The van der Waals surface area contributed by atoms with Gasteiger partial charge in [0.25, 0.3) is 0 Å². The highest BCUT2D eigenvalue weighted by Gasteiger charge is 2.45. The molecule has 1 saturated carbocycles. The van der Waals surface area contributed by atoms with Gasteiger partial charge in [0.05, 0.1) is 18.1 Å². The number of likely N-dealkylation sites (N-methyl/N-ethyl adjacent to an activating group) is 1. The second-order valence-electron chi connectivity index (χ2n) is 3.60. The highest BCUT2D eigenvalue weighted by atomic mass is 35.7. The van der Waals surface area contributed by atoms with Gasteiger partial charge in [-0.2, -0.15) is 5.26 Å². The number of hydrogen-bond donors (Lipinski definition) is 0. The van der Waals surface area contributed by atoms with Crippen molar-refractivity contribution >= 4 is 18.9 Å². The van der Waals surface area contributed by atoms with E-state index in [4.69, 9.17) is 21.0 Å². The molecule has 0 spiro atoms. The Morgan fingerprint density at radius 1 is 1.62 bits per heavy atom. The van der Waals surface area contributed by atoms with E-state index in [-0.39, 0.29) is 12.0 Å². The predicted octanol–water partition coefficient (Wildman–Crippen LogP) is 2.47. The third-order valence-electron chi connectivity index (χ3n) is 2.89. The molecule has 2 aliphatic rings. The van der Waals surface area contributed by atoms with E-state index >= 15 is 0 Å². The number of fused-ring (bicyclic) bond motifs is 1. The van der Waals surface area contributed by atoms with Gasteiger partial charge in [-0.15, -0.1) is 0 Å². The summed E-state index contributed by atoms with van der Waals surface area (Å²) >= 11 is 6.02. The predicted molar refractivity (Wildman–Crippen MR) is 52.2 cm³/mol. The van der Waals surface area contributed by atoms with Gasteiger partial charge in [0.2, 0.25) is 7.65 Å². The summed E-state index contributed by atoms with van der Waals surface area (Å²) in [5.41, 5.74) is 0. The third kappa shape index (κ3) is 1.57. The van der Waals surface area contributed by atoms with Crippen LogP contribution < -0.4 is 0 Å². The SMILES string of the molecule is CN1[C@H]2CCC[C@H](C#N)[C@@H]2OP1Cl. The molecule has 72 valence electrons. The molecular weight excluding hydrogens is 207 g/mol. The molecular formula is C8H12ClN2OP. The zero-order valence-corrected chi connectivity index (χ0v) is 9.13. The molecule has 1 unspecified atom stereocenters. The molecule has 3 nitrogen and oxygen atoms in total. The lowest BCUT2D eigenvalue weighted by Gasteiger charge is -2.29. The Labute approximate surface area is 84.3 Å². The Bertz CT molecular complexity index is 245. The van der Waals surface area contributed by atoms with Crippen LogP contribution in [0.25, 0.3) is 0 Å². The van der Waals surface area contributed by atoms with Crippen LogP contribution in [0.5, 0.6) is 0 Å². The quantitative estimate of drug-likeness (QED) is 0.586. The van der Waals surface area contributed by atoms with Gasteiger partial charge in [0.1, 0.15) is 0 Å². The molecule has 1 heterocycles. The van der Waals surface area contributed by atoms with Gasteiger partial charge < -0.3 is 4.52 Å². The van der Waals surface area contributed by atoms with Crippen molar-refractivity contribution in [2.24, 2.45) is 5.92 Å². The molecule has 0 radical (unpaired) electrons. The van der Waals surface area contributed by atoms with Crippen LogP contribution in [0.3, 0.4) is 0 Å². The summed E-state index contributed by atoms with van der Waals surface area (Å²) in [6, 6.07) is 2.69. The minimum absolute atomic E-state index is 0.0486. The molecule has 0 aromatic rings. The summed E-state index contributed by atoms with van der Waals surface area (Å²) < 4.78 is 7.70. The number of nitriles is 1. The van der Waals surface area contributed by atoms with Gasteiger partial charge in [0, 0.05) is 6.04 Å². The number of nitrogens with zero attached hydrogens (tertiary/aromatic N) is 2. The van der Waals surface area contributed by atoms with Crippen LogP contribution in [0.15, 0.2) is 0 Å². The molecule has 0 N–H and O–H groups in total. The van der Waals surface area contributed by atoms with Gasteiger partial charge in [0.15, 0.2) is 0 Å². The lowest BCUT2D eigenvalue weighted by molar-refractivity contribution is 0.119. The van der Waals surface area contributed by atoms with Gasteiger partial charge in [-0.25, -0.2) is 4.67 Å². The summed E-state index contributed by atoms with van der Waals surface area (Å²) in [5.74, 6) is 0.0486. The zero-order valence-electron chi connectivity index (χ0n) is 7.48. The van der Waals surface area contributed by atoms with Crippen molar-refractivity contribution in [2.45, 2.75) is 31.4 Å². The van der Waals surface area contributed by atoms with Crippen LogP contribution in [-0.4, -0.2) is 23.9 Å². The van der Waals surface area contributed by atoms with Crippen LogP contribution in [0.1, 0.15) is 19.3 Å². The van der Waals surface area contributed by atoms with E-state index in [2.05, 4.69) is 10.7 Å². The normalized spacial score (nSPS) is 45.6. The molecule has 13 heavy (non-hydrogen) atoms. The van der Waals surface area contributed by atoms with E-state index < -0.39 is 7.65 Å². The van der Waals surface area contributed by atoms with Gasteiger partial charge >= 0.3 is 0 Å². The Balaban J connectivity index is 2.14. The average molecular weight is 219 g/mol. The summed E-state index contributed by atoms with van der Waals surface area (Å²) in [5, 5.41) is 8.93. The minimum Gasteiger partial charge on any atom is -0.325 e. The fourth-order valence-corrected chi connectivity index (χ4v) is 3.85. The first-order chi connectivity index (χ1) is 6.24. The molecule has 0 aromatic heterocycles. The Morgan fingerprint density at radius 2 is 2.38 bits per heavy atom. The summed E-state index contributed by atoms with van der Waals surface area (Å²) in [6.07, 6.45) is 3.26. The second kappa shape index (κ2) is 3.71. The van der Waals surface area contributed by atoms with Crippen LogP contribution in [0.2, 0.25) is 0 Å². The molecule has 4 atom stereocenters. The van der Waals surface area contributed by atoms with Crippen molar-refractivity contribution in [1.29, 1.82) is 5.26 Å². The molecule has 2 rings (SSSR count). The van der Waals surface area contributed by atoms with E-state index in [9.17, 15) is 0 Å². The topological polar surface area (TPSA) is 36.3 Å². The van der Waals surface area contributed by atoms with Crippen LogP contribution >= 0.6 is 18.9 Å². The highest BCUT2D eigenvalue weighted by Crippen LogP contribution is 2.57.